The summed E-state index contributed by atoms with van der Waals surface area (Å²) < 4.78 is 6.23. The first-order valence-corrected chi connectivity index (χ1v) is 9.05. The fourth-order valence-corrected chi connectivity index (χ4v) is 5.35. The lowest BCUT2D eigenvalue weighted by Gasteiger charge is -2.52. The minimum Gasteiger partial charge on any atom is -0.389 e. The van der Waals surface area contributed by atoms with Crippen molar-refractivity contribution in [3.8, 4) is 0 Å². The Kier molecular flexibility index (Phi) is 4.42. The van der Waals surface area contributed by atoms with E-state index >= 15 is 0 Å². The van der Waals surface area contributed by atoms with Crippen LogP contribution in [0.5, 0.6) is 0 Å². The summed E-state index contributed by atoms with van der Waals surface area (Å²) in [5, 5.41) is 11.4. The molecule has 0 radical (unpaired) electrons. The second-order valence-corrected chi connectivity index (χ2v) is 7.62. The maximum absolute atomic E-state index is 11.4. The van der Waals surface area contributed by atoms with Gasteiger partial charge in [-0.25, -0.2) is 0 Å². The molecule has 0 bridgehead atoms. The first kappa shape index (κ1) is 14.8. The van der Waals surface area contributed by atoms with Crippen LogP contribution >= 0.6 is 0 Å². The molecule has 2 aliphatic carbocycles. The van der Waals surface area contributed by atoms with Crippen LogP contribution in [0.1, 0.15) is 84.0 Å². The van der Waals surface area contributed by atoms with E-state index in [1.54, 1.807) is 0 Å². The van der Waals surface area contributed by atoms with E-state index in [0.717, 1.165) is 32.3 Å². The zero-order valence-corrected chi connectivity index (χ0v) is 13.2. The quantitative estimate of drug-likeness (QED) is 0.810. The van der Waals surface area contributed by atoms with Crippen LogP contribution in [-0.4, -0.2) is 22.9 Å². The number of hydrogen-bond donors (Lipinski definition) is 1. The summed E-state index contributed by atoms with van der Waals surface area (Å²) in [7, 11) is 0. The van der Waals surface area contributed by atoms with Crippen LogP contribution in [0.25, 0.3) is 0 Å². The van der Waals surface area contributed by atoms with Crippen molar-refractivity contribution in [3.63, 3.8) is 0 Å². The molecular formula is C18H32O2. The molecule has 0 aromatic rings. The minimum absolute atomic E-state index is 0.132. The third kappa shape index (κ3) is 2.66. The van der Waals surface area contributed by atoms with Crippen LogP contribution in [0.3, 0.4) is 0 Å². The Hall–Kier alpha value is -0.0800. The van der Waals surface area contributed by atoms with Gasteiger partial charge in [-0.1, -0.05) is 45.4 Å². The molecule has 1 saturated heterocycles. The van der Waals surface area contributed by atoms with Gasteiger partial charge < -0.3 is 9.84 Å². The Labute approximate surface area is 124 Å². The summed E-state index contributed by atoms with van der Waals surface area (Å²) in [4.78, 5) is 0. The molecule has 3 atom stereocenters. The van der Waals surface area contributed by atoms with Crippen LogP contribution in [0.4, 0.5) is 0 Å². The zero-order valence-electron chi connectivity index (χ0n) is 13.2. The smallest absolute Gasteiger partial charge is 0.0705 e. The molecule has 1 aliphatic heterocycles. The molecule has 3 aliphatic rings. The molecule has 3 rings (SSSR count). The van der Waals surface area contributed by atoms with E-state index in [1.165, 1.54) is 51.4 Å². The molecule has 2 heteroatoms. The van der Waals surface area contributed by atoms with Crippen LogP contribution in [0, 0.1) is 11.8 Å². The topological polar surface area (TPSA) is 29.5 Å². The molecular weight excluding hydrogens is 248 g/mol. The fourth-order valence-electron chi connectivity index (χ4n) is 5.35. The van der Waals surface area contributed by atoms with Crippen molar-refractivity contribution in [2.24, 2.45) is 11.8 Å². The van der Waals surface area contributed by atoms with Crippen molar-refractivity contribution < 1.29 is 9.84 Å². The lowest BCUT2D eigenvalue weighted by molar-refractivity contribution is -0.179. The van der Waals surface area contributed by atoms with Crippen molar-refractivity contribution in [1.29, 1.82) is 0 Å². The van der Waals surface area contributed by atoms with Crippen molar-refractivity contribution >= 4 is 0 Å². The van der Waals surface area contributed by atoms with Gasteiger partial charge in [-0.15, -0.1) is 0 Å². The van der Waals surface area contributed by atoms with Gasteiger partial charge in [0.15, 0.2) is 0 Å². The standard InChI is InChI=1S/C18H32O2/c1-2-15-8-4-7-12-18(15,19)16-9-13-20-17(14-16)10-5-3-6-11-17/h15-16,19H,2-14H2,1H3. The van der Waals surface area contributed by atoms with Gasteiger partial charge in [0.1, 0.15) is 0 Å². The van der Waals surface area contributed by atoms with Gasteiger partial charge in [-0.3, -0.25) is 0 Å². The highest BCUT2D eigenvalue weighted by Gasteiger charge is 2.49. The SMILES string of the molecule is CCC1CCCCC1(O)C1CCOC2(CCCCC2)C1. The average molecular weight is 280 g/mol. The summed E-state index contributed by atoms with van der Waals surface area (Å²) in [6.45, 7) is 3.14. The first-order chi connectivity index (χ1) is 9.69. The maximum Gasteiger partial charge on any atom is 0.0705 e. The first-order valence-electron chi connectivity index (χ1n) is 9.05. The van der Waals surface area contributed by atoms with E-state index in [4.69, 9.17) is 4.74 Å². The summed E-state index contributed by atoms with van der Waals surface area (Å²) in [5.74, 6) is 1.01. The van der Waals surface area contributed by atoms with Crippen LogP contribution in [0.15, 0.2) is 0 Å². The van der Waals surface area contributed by atoms with E-state index in [9.17, 15) is 5.11 Å². The van der Waals surface area contributed by atoms with Gasteiger partial charge in [-0.05, 0) is 50.4 Å². The van der Waals surface area contributed by atoms with E-state index in [2.05, 4.69) is 6.92 Å². The fraction of sp³-hybridized carbons (Fsp3) is 1.00. The maximum atomic E-state index is 11.4. The van der Waals surface area contributed by atoms with Crippen molar-refractivity contribution in [2.45, 2.75) is 95.2 Å². The monoisotopic (exact) mass is 280 g/mol. The molecule has 116 valence electrons. The predicted octanol–water partition coefficient (Wildman–Crippen LogP) is 4.45. The molecule has 0 amide bonds. The Morgan fingerprint density at radius 2 is 1.75 bits per heavy atom. The second-order valence-electron chi connectivity index (χ2n) is 7.62. The number of hydrogen-bond acceptors (Lipinski definition) is 2. The van der Waals surface area contributed by atoms with Crippen molar-refractivity contribution in [1.82, 2.24) is 0 Å². The summed E-state index contributed by atoms with van der Waals surface area (Å²) in [5.41, 5.74) is -0.256. The highest BCUT2D eigenvalue weighted by atomic mass is 16.5. The lowest BCUT2D eigenvalue weighted by atomic mass is 9.62. The highest BCUT2D eigenvalue weighted by molar-refractivity contribution is 5.00. The molecule has 0 aromatic carbocycles. The number of ether oxygens (including phenoxy) is 1. The molecule has 2 nitrogen and oxygen atoms in total. The zero-order chi connectivity index (χ0) is 14.1. The van der Waals surface area contributed by atoms with Gasteiger partial charge in [0.2, 0.25) is 0 Å². The molecule has 2 saturated carbocycles. The van der Waals surface area contributed by atoms with Crippen LogP contribution in [-0.2, 0) is 4.74 Å². The highest BCUT2D eigenvalue weighted by Crippen LogP contribution is 2.49. The molecule has 1 N–H and O–H groups in total. The predicted molar refractivity (Wildman–Crippen MR) is 81.7 cm³/mol. The van der Waals surface area contributed by atoms with Gasteiger partial charge >= 0.3 is 0 Å². The molecule has 0 aromatic heterocycles. The van der Waals surface area contributed by atoms with Gasteiger partial charge in [0.25, 0.3) is 0 Å². The molecule has 3 fully saturated rings. The number of aliphatic hydroxyl groups is 1. The third-order valence-electron chi connectivity index (χ3n) is 6.54. The Morgan fingerprint density at radius 3 is 2.50 bits per heavy atom. The molecule has 3 unspecified atom stereocenters. The summed E-state index contributed by atoms with van der Waals surface area (Å²) in [6, 6.07) is 0. The Morgan fingerprint density at radius 1 is 1.00 bits per heavy atom. The van der Waals surface area contributed by atoms with Crippen molar-refractivity contribution in [3.05, 3.63) is 0 Å². The van der Waals surface area contributed by atoms with Crippen molar-refractivity contribution in [2.75, 3.05) is 6.61 Å². The summed E-state index contributed by atoms with van der Waals surface area (Å²) in [6.07, 6.45) is 14.6. The van der Waals surface area contributed by atoms with E-state index in [1.807, 2.05) is 0 Å². The van der Waals surface area contributed by atoms with Gasteiger partial charge in [-0.2, -0.15) is 0 Å². The Balaban J connectivity index is 1.74. The second kappa shape index (κ2) is 5.96. The van der Waals surface area contributed by atoms with Gasteiger partial charge in [0, 0.05) is 6.61 Å². The Bertz CT molecular complexity index is 316. The number of rotatable bonds is 2. The lowest BCUT2D eigenvalue weighted by Crippen LogP contribution is -2.53. The van der Waals surface area contributed by atoms with E-state index < -0.39 is 0 Å². The third-order valence-corrected chi connectivity index (χ3v) is 6.54. The molecule has 1 spiro atoms. The average Bonchev–Trinajstić information content (AvgIpc) is 2.48. The van der Waals surface area contributed by atoms with Crippen LogP contribution < -0.4 is 0 Å². The van der Waals surface area contributed by atoms with Crippen LogP contribution in [0.2, 0.25) is 0 Å². The molecule has 20 heavy (non-hydrogen) atoms. The van der Waals surface area contributed by atoms with E-state index in [0.29, 0.717) is 11.8 Å². The van der Waals surface area contributed by atoms with E-state index in [-0.39, 0.29) is 11.2 Å². The normalized spacial score (nSPS) is 41.7. The van der Waals surface area contributed by atoms with Gasteiger partial charge in [0.05, 0.1) is 11.2 Å². The molecule has 1 heterocycles. The summed E-state index contributed by atoms with van der Waals surface area (Å²) >= 11 is 0. The minimum atomic E-state index is -0.388. The largest absolute Gasteiger partial charge is 0.389 e.